The number of carbonyl (C=O) groups is 1. The Morgan fingerprint density at radius 2 is 2.11 bits per heavy atom. The second kappa shape index (κ2) is 6.53. The Bertz CT molecular complexity index is 394. The Labute approximate surface area is 120 Å². The van der Waals surface area contributed by atoms with E-state index < -0.39 is 0 Å². The highest BCUT2D eigenvalue weighted by atomic mass is 32.1. The molecule has 106 valence electrons. The van der Waals surface area contributed by atoms with Crippen molar-refractivity contribution in [2.75, 3.05) is 13.6 Å². The van der Waals surface area contributed by atoms with Crippen LogP contribution in [0.3, 0.4) is 0 Å². The van der Waals surface area contributed by atoms with Crippen LogP contribution in [0.1, 0.15) is 38.0 Å². The van der Waals surface area contributed by atoms with Crippen LogP contribution in [0.4, 0.5) is 0 Å². The van der Waals surface area contributed by atoms with Gasteiger partial charge < -0.3 is 4.90 Å². The van der Waals surface area contributed by atoms with Gasteiger partial charge in [0, 0.05) is 23.5 Å². The summed E-state index contributed by atoms with van der Waals surface area (Å²) in [5, 5.41) is 2.08. The van der Waals surface area contributed by atoms with E-state index in [2.05, 4.69) is 41.2 Å². The molecule has 1 amide bonds. The Hall–Kier alpha value is -0.870. The normalized spacial score (nSPS) is 23.9. The smallest absolute Gasteiger partial charge is 0.237 e. The van der Waals surface area contributed by atoms with E-state index >= 15 is 0 Å². The molecule has 0 spiro atoms. The summed E-state index contributed by atoms with van der Waals surface area (Å²) in [5.74, 6) is 0.277. The largest absolute Gasteiger partial charge is 0.336 e. The van der Waals surface area contributed by atoms with E-state index in [4.69, 9.17) is 0 Å². The van der Waals surface area contributed by atoms with E-state index in [1.54, 1.807) is 11.3 Å². The molecule has 2 heterocycles. The van der Waals surface area contributed by atoms with Crippen LogP contribution in [0.25, 0.3) is 0 Å². The molecule has 2 rings (SSSR count). The highest BCUT2D eigenvalue weighted by Gasteiger charge is 2.29. The maximum Gasteiger partial charge on any atom is 0.237 e. The van der Waals surface area contributed by atoms with Crippen molar-refractivity contribution in [1.29, 1.82) is 0 Å². The zero-order valence-corrected chi connectivity index (χ0v) is 12.9. The standard InChI is InChI=1S/C15H24N2OS/c1-12-6-4-7-13(2)17(12)15(18)11-16(3)10-14-8-5-9-19-14/h5,8-9,12-13H,4,6-7,10-11H2,1-3H3. The number of nitrogens with zero attached hydrogens (tertiary/aromatic N) is 2. The third-order valence-electron chi connectivity index (χ3n) is 3.89. The second-order valence-electron chi connectivity index (χ2n) is 5.68. The Morgan fingerprint density at radius 1 is 1.42 bits per heavy atom. The quantitative estimate of drug-likeness (QED) is 0.846. The maximum atomic E-state index is 12.4. The molecule has 0 saturated carbocycles. The number of likely N-dealkylation sites (N-methyl/N-ethyl adjacent to an activating group) is 1. The topological polar surface area (TPSA) is 23.6 Å². The van der Waals surface area contributed by atoms with Crippen molar-refractivity contribution in [1.82, 2.24) is 9.80 Å². The Morgan fingerprint density at radius 3 is 2.68 bits per heavy atom. The van der Waals surface area contributed by atoms with Gasteiger partial charge in [-0.25, -0.2) is 0 Å². The van der Waals surface area contributed by atoms with Gasteiger partial charge in [-0.05, 0) is 51.6 Å². The van der Waals surface area contributed by atoms with Crippen LogP contribution in [0.15, 0.2) is 17.5 Å². The minimum absolute atomic E-state index is 0.277. The second-order valence-corrected chi connectivity index (χ2v) is 6.71. The van der Waals surface area contributed by atoms with Gasteiger partial charge in [-0.3, -0.25) is 9.69 Å². The summed E-state index contributed by atoms with van der Waals surface area (Å²) < 4.78 is 0. The van der Waals surface area contributed by atoms with Crippen molar-refractivity contribution >= 4 is 17.2 Å². The molecule has 0 aromatic carbocycles. The SMILES string of the molecule is CC1CCCC(C)N1C(=O)CN(C)Cc1cccs1. The Kier molecular flexibility index (Phi) is 4.99. The van der Waals surface area contributed by atoms with E-state index in [-0.39, 0.29) is 5.91 Å². The van der Waals surface area contributed by atoms with E-state index in [0.717, 1.165) is 19.4 Å². The average Bonchev–Trinajstić information content (AvgIpc) is 2.81. The van der Waals surface area contributed by atoms with Gasteiger partial charge in [0.1, 0.15) is 0 Å². The van der Waals surface area contributed by atoms with Crippen LogP contribution in [-0.4, -0.2) is 41.4 Å². The van der Waals surface area contributed by atoms with Crippen LogP contribution < -0.4 is 0 Å². The number of likely N-dealkylation sites (tertiary alicyclic amines) is 1. The number of hydrogen-bond acceptors (Lipinski definition) is 3. The van der Waals surface area contributed by atoms with Gasteiger partial charge >= 0.3 is 0 Å². The van der Waals surface area contributed by atoms with Crippen molar-refractivity contribution in [2.45, 2.75) is 51.7 Å². The highest BCUT2D eigenvalue weighted by Crippen LogP contribution is 2.22. The Balaban J connectivity index is 1.88. The van der Waals surface area contributed by atoms with E-state index in [1.165, 1.54) is 11.3 Å². The summed E-state index contributed by atoms with van der Waals surface area (Å²) in [4.78, 5) is 18.0. The highest BCUT2D eigenvalue weighted by molar-refractivity contribution is 7.09. The molecule has 1 aromatic heterocycles. The molecule has 3 nitrogen and oxygen atoms in total. The lowest BCUT2D eigenvalue weighted by Gasteiger charge is -2.39. The lowest BCUT2D eigenvalue weighted by atomic mass is 9.97. The lowest BCUT2D eigenvalue weighted by molar-refractivity contribution is -0.138. The third kappa shape index (κ3) is 3.80. The number of carbonyl (C=O) groups excluding carboxylic acids is 1. The predicted molar refractivity (Wildman–Crippen MR) is 80.3 cm³/mol. The van der Waals surface area contributed by atoms with Crippen LogP contribution >= 0.6 is 11.3 Å². The monoisotopic (exact) mass is 280 g/mol. The first-order valence-electron chi connectivity index (χ1n) is 7.10. The molecule has 1 aliphatic heterocycles. The number of piperidine rings is 1. The minimum Gasteiger partial charge on any atom is -0.336 e. The van der Waals surface area contributed by atoms with Gasteiger partial charge in [-0.1, -0.05) is 6.07 Å². The van der Waals surface area contributed by atoms with Crippen LogP contribution in [0.5, 0.6) is 0 Å². The third-order valence-corrected chi connectivity index (χ3v) is 4.75. The fourth-order valence-corrected chi connectivity index (χ4v) is 3.73. The van der Waals surface area contributed by atoms with Gasteiger partial charge in [0.15, 0.2) is 0 Å². The molecule has 1 saturated heterocycles. The fourth-order valence-electron chi connectivity index (χ4n) is 2.95. The van der Waals surface area contributed by atoms with Crippen molar-refractivity contribution in [3.63, 3.8) is 0 Å². The number of thiophene rings is 1. The van der Waals surface area contributed by atoms with Crippen LogP contribution in [-0.2, 0) is 11.3 Å². The van der Waals surface area contributed by atoms with E-state index in [0.29, 0.717) is 18.6 Å². The molecule has 1 fully saturated rings. The molecule has 0 bridgehead atoms. The summed E-state index contributed by atoms with van der Waals surface area (Å²) >= 11 is 1.75. The molecule has 0 radical (unpaired) electrons. The molecule has 1 aliphatic rings. The summed E-state index contributed by atoms with van der Waals surface area (Å²) in [6.45, 7) is 5.73. The maximum absolute atomic E-state index is 12.4. The molecular formula is C15H24N2OS. The molecule has 0 aliphatic carbocycles. The molecule has 2 atom stereocenters. The molecule has 1 aromatic rings. The molecule has 19 heavy (non-hydrogen) atoms. The first kappa shape index (κ1) is 14.5. The van der Waals surface area contributed by atoms with E-state index in [1.807, 2.05) is 7.05 Å². The zero-order valence-electron chi connectivity index (χ0n) is 12.1. The molecular weight excluding hydrogens is 256 g/mol. The van der Waals surface area contributed by atoms with Gasteiger partial charge in [-0.2, -0.15) is 0 Å². The zero-order chi connectivity index (χ0) is 13.8. The lowest BCUT2D eigenvalue weighted by Crippen LogP contribution is -2.50. The first-order chi connectivity index (χ1) is 9.08. The van der Waals surface area contributed by atoms with E-state index in [9.17, 15) is 4.79 Å². The van der Waals surface area contributed by atoms with Gasteiger partial charge in [-0.15, -0.1) is 11.3 Å². The number of rotatable bonds is 4. The van der Waals surface area contributed by atoms with Crippen LogP contribution in [0, 0.1) is 0 Å². The summed E-state index contributed by atoms with van der Waals surface area (Å²) in [6.07, 6.45) is 3.53. The van der Waals surface area contributed by atoms with Gasteiger partial charge in [0.25, 0.3) is 0 Å². The van der Waals surface area contributed by atoms with Crippen LogP contribution in [0.2, 0.25) is 0 Å². The van der Waals surface area contributed by atoms with Crippen molar-refractivity contribution in [3.8, 4) is 0 Å². The van der Waals surface area contributed by atoms with Crippen molar-refractivity contribution in [3.05, 3.63) is 22.4 Å². The summed E-state index contributed by atoms with van der Waals surface area (Å²) in [7, 11) is 2.02. The average molecular weight is 280 g/mol. The van der Waals surface area contributed by atoms with Gasteiger partial charge in [0.2, 0.25) is 5.91 Å². The number of hydrogen-bond donors (Lipinski definition) is 0. The summed E-state index contributed by atoms with van der Waals surface area (Å²) in [5.41, 5.74) is 0. The first-order valence-corrected chi connectivity index (χ1v) is 7.98. The number of amides is 1. The molecule has 2 unspecified atom stereocenters. The van der Waals surface area contributed by atoms with Crippen molar-refractivity contribution < 1.29 is 4.79 Å². The van der Waals surface area contributed by atoms with Crippen molar-refractivity contribution in [2.24, 2.45) is 0 Å². The minimum atomic E-state index is 0.277. The molecule has 0 N–H and O–H groups in total. The predicted octanol–water partition coefficient (Wildman–Crippen LogP) is 2.97. The molecule has 4 heteroatoms. The van der Waals surface area contributed by atoms with Gasteiger partial charge in [0.05, 0.1) is 6.54 Å². The fraction of sp³-hybridized carbons (Fsp3) is 0.667. The summed E-state index contributed by atoms with van der Waals surface area (Å²) in [6, 6.07) is 4.97.